The highest BCUT2D eigenvalue weighted by molar-refractivity contribution is 5.69. The fraction of sp³-hybridized carbons (Fsp3) is 0.778. The normalized spacial score (nSPS) is 10.0. The van der Waals surface area contributed by atoms with E-state index in [1.165, 1.54) is 0 Å². The first-order valence-electron chi connectivity index (χ1n) is 4.71. The first-order chi connectivity index (χ1) is 7.24. The molecular formula is C9H16N2O4. The van der Waals surface area contributed by atoms with Crippen LogP contribution < -0.4 is 0 Å². The third-order valence-electron chi connectivity index (χ3n) is 1.76. The second kappa shape index (κ2) is 9.40. The van der Waals surface area contributed by atoms with Gasteiger partial charge in [0.05, 0.1) is 19.6 Å². The zero-order chi connectivity index (χ0) is 11.5. The van der Waals surface area contributed by atoms with Crippen LogP contribution in [0.15, 0.2) is 0 Å². The van der Waals surface area contributed by atoms with Crippen molar-refractivity contribution in [2.45, 2.75) is 6.42 Å². The lowest BCUT2D eigenvalue weighted by Crippen LogP contribution is -2.32. The lowest BCUT2D eigenvalue weighted by Gasteiger charge is -2.18. The molecule has 0 heterocycles. The molecule has 0 amide bonds. The molecule has 0 aromatic heterocycles. The van der Waals surface area contributed by atoms with E-state index < -0.39 is 5.97 Å². The SMILES string of the molecule is N#CCOC(=O)CCN(CCO)CCO. The van der Waals surface area contributed by atoms with E-state index >= 15 is 0 Å². The van der Waals surface area contributed by atoms with Crippen LogP contribution in [0.3, 0.4) is 0 Å². The summed E-state index contributed by atoms with van der Waals surface area (Å²) in [6.07, 6.45) is 0.154. The molecule has 0 aromatic carbocycles. The molecule has 0 aliphatic rings. The van der Waals surface area contributed by atoms with Crippen molar-refractivity contribution in [3.05, 3.63) is 0 Å². The quantitative estimate of drug-likeness (QED) is 0.491. The molecule has 0 saturated heterocycles. The van der Waals surface area contributed by atoms with Gasteiger partial charge >= 0.3 is 5.97 Å². The average molecular weight is 216 g/mol. The first-order valence-corrected chi connectivity index (χ1v) is 4.71. The van der Waals surface area contributed by atoms with Crippen molar-refractivity contribution in [3.63, 3.8) is 0 Å². The summed E-state index contributed by atoms with van der Waals surface area (Å²) in [6.45, 7) is 0.947. The number of carbonyl (C=O) groups excluding carboxylic acids is 1. The summed E-state index contributed by atoms with van der Waals surface area (Å²) < 4.78 is 4.55. The van der Waals surface area contributed by atoms with E-state index in [-0.39, 0.29) is 26.2 Å². The van der Waals surface area contributed by atoms with E-state index in [9.17, 15) is 4.79 Å². The summed E-state index contributed by atoms with van der Waals surface area (Å²) in [5.41, 5.74) is 0. The number of nitrogens with zero attached hydrogens (tertiary/aromatic N) is 2. The number of nitriles is 1. The van der Waals surface area contributed by atoms with Crippen molar-refractivity contribution in [2.75, 3.05) is 39.5 Å². The fourth-order valence-corrected chi connectivity index (χ4v) is 1.05. The maximum absolute atomic E-state index is 11.0. The molecule has 86 valence electrons. The molecule has 0 aliphatic carbocycles. The molecule has 0 atom stereocenters. The summed E-state index contributed by atoms with van der Waals surface area (Å²) in [4.78, 5) is 12.7. The molecule has 0 aliphatic heterocycles. The van der Waals surface area contributed by atoms with E-state index in [2.05, 4.69) is 4.74 Å². The molecule has 0 bridgehead atoms. The predicted octanol–water partition coefficient (Wildman–Crippen LogP) is -1.27. The molecule has 15 heavy (non-hydrogen) atoms. The molecule has 0 rings (SSSR count). The minimum atomic E-state index is -0.447. The van der Waals surface area contributed by atoms with Gasteiger partial charge in [0, 0.05) is 19.6 Å². The molecule has 0 radical (unpaired) electrons. The Balaban J connectivity index is 3.68. The molecule has 0 saturated carbocycles. The van der Waals surface area contributed by atoms with E-state index in [1.807, 2.05) is 0 Å². The van der Waals surface area contributed by atoms with Gasteiger partial charge in [-0.3, -0.25) is 9.69 Å². The zero-order valence-corrected chi connectivity index (χ0v) is 8.56. The third kappa shape index (κ3) is 7.88. The van der Waals surface area contributed by atoms with Gasteiger partial charge in [0.1, 0.15) is 6.07 Å². The van der Waals surface area contributed by atoms with Crippen LogP contribution in [0.5, 0.6) is 0 Å². The second-order valence-electron chi connectivity index (χ2n) is 2.86. The van der Waals surface area contributed by atoms with Crippen molar-refractivity contribution >= 4 is 5.97 Å². The minimum Gasteiger partial charge on any atom is -0.450 e. The Morgan fingerprint density at radius 2 is 1.87 bits per heavy atom. The average Bonchev–Trinajstić information content (AvgIpc) is 2.23. The summed E-state index contributed by atoms with van der Waals surface area (Å²) in [7, 11) is 0. The molecule has 6 heteroatoms. The van der Waals surface area contributed by atoms with Gasteiger partial charge < -0.3 is 14.9 Å². The van der Waals surface area contributed by atoms with Crippen molar-refractivity contribution in [3.8, 4) is 6.07 Å². The topological polar surface area (TPSA) is 93.8 Å². The van der Waals surface area contributed by atoms with E-state index in [0.717, 1.165) is 0 Å². The van der Waals surface area contributed by atoms with Gasteiger partial charge in [0.2, 0.25) is 0 Å². The Bertz CT molecular complexity index is 209. The smallest absolute Gasteiger partial charge is 0.308 e. The van der Waals surface area contributed by atoms with Crippen LogP contribution in [0.1, 0.15) is 6.42 Å². The Labute approximate surface area is 88.7 Å². The number of aliphatic hydroxyl groups is 2. The lowest BCUT2D eigenvalue weighted by molar-refractivity contribution is -0.142. The third-order valence-corrected chi connectivity index (χ3v) is 1.76. The highest BCUT2D eigenvalue weighted by atomic mass is 16.5. The lowest BCUT2D eigenvalue weighted by atomic mass is 10.3. The minimum absolute atomic E-state index is 0.0206. The number of hydrogen-bond donors (Lipinski definition) is 2. The van der Waals surface area contributed by atoms with Crippen LogP contribution in [-0.4, -0.2) is 60.5 Å². The van der Waals surface area contributed by atoms with Gasteiger partial charge in [-0.25, -0.2) is 0 Å². The van der Waals surface area contributed by atoms with Gasteiger partial charge in [-0.05, 0) is 0 Å². The van der Waals surface area contributed by atoms with Gasteiger partial charge in [0.15, 0.2) is 6.61 Å². The Morgan fingerprint density at radius 3 is 2.33 bits per heavy atom. The first kappa shape index (κ1) is 13.8. The molecule has 0 aromatic rings. The zero-order valence-electron chi connectivity index (χ0n) is 8.56. The predicted molar refractivity (Wildman–Crippen MR) is 51.8 cm³/mol. The van der Waals surface area contributed by atoms with Gasteiger partial charge in [0.25, 0.3) is 0 Å². The van der Waals surface area contributed by atoms with Crippen LogP contribution in [-0.2, 0) is 9.53 Å². The standard InChI is InChI=1S/C9H16N2O4/c10-2-8-15-9(14)1-3-11(4-6-12)5-7-13/h12-13H,1,3-8H2. The largest absolute Gasteiger partial charge is 0.450 e. The molecular weight excluding hydrogens is 200 g/mol. The molecule has 0 fully saturated rings. The monoisotopic (exact) mass is 216 g/mol. The van der Waals surface area contributed by atoms with Crippen LogP contribution in [0.4, 0.5) is 0 Å². The molecule has 0 spiro atoms. The van der Waals surface area contributed by atoms with Crippen LogP contribution in [0.25, 0.3) is 0 Å². The number of ether oxygens (including phenoxy) is 1. The van der Waals surface area contributed by atoms with Gasteiger partial charge in [-0.2, -0.15) is 5.26 Å². The van der Waals surface area contributed by atoms with Crippen LogP contribution in [0, 0.1) is 11.3 Å². The summed E-state index contributed by atoms with van der Waals surface area (Å²) in [5.74, 6) is -0.447. The van der Waals surface area contributed by atoms with Crippen molar-refractivity contribution in [1.29, 1.82) is 5.26 Å². The summed E-state index contributed by atoms with van der Waals surface area (Å²) in [5, 5.41) is 25.5. The van der Waals surface area contributed by atoms with E-state index in [0.29, 0.717) is 19.6 Å². The number of esters is 1. The highest BCUT2D eigenvalue weighted by Crippen LogP contribution is 1.93. The second-order valence-corrected chi connectivity index (χ2v) is 2.86. The Hall–Kier alpha value is -1.16. The van der Waals surface area contributed by atoms with E-state index in [1.54, 1.807) is 11.0 Å². The number of aliphatic hydroxyl groups excluding tert-OH is 2. The summed E-state index contributed by atoms with van der Waals surface area (Å²) >= 11 is 0. The summed E-state index contributed by atoms with van der Waals surface area (Å²) in [6, 6.07) is 1.70. The van der Waals surface area contributed by atoms with Gasteiger partial charge in [-0.15, -0.1) is 0 Å². The maximum Gasteiger partial charge on any atom is 0.308 e. The number of hydrogen-bond acceptors (Lipinski definition) is 6. The number of carbonyl (C=O) groups is 1. The van der Waals surface area contributed by atoms with Crippen LogP contribution >= 0.6 is 0 Å². The fourth-order valence-electron chi connectivity index (χ4n) is 1.05. The van der Waals surface area contributed by atoms with Crippen molar-refractivity contribution in [2.24, 2.45) is 0 Å². The molecule has 0 unspecified atom stereocenters. The Kier molecular flexibility index (Phi) is 8.67. The van der Waals surface area contributed by atoms with Crippen molar-refractivity contribution < 1.29 is 19.7 Å². The molecule has 6 nitrogen and oxygen atoms in total. The van der Waals surface area contributed by atoms with Crippen LogP contribution in [0.2, 0.25) is 0 Å². The Morgan fingerprint density at radius 1 is 1.27 bits per heavy atom. The van der Waals surface area contributed by atoms with Gasteiger partial charge in [-0.1, -0.05) is 0 Å². The van der Waals surface area contributed by atoms with E-state index in [4.69, 9.17) is 15.5 Å². The number of rotatable bonds is 8. The maximum atomic E-state index is 11.0. The van der Waals surface area contributed by atoms with Crippen molar-refractivity contribution in [1.82, 2.24) is 4.90 Å². The molecule has 2 N–H and O–H groups in total. The highest BCUT2D eigenvalue weighted by Gasteiger charge is 2.07.